The molecule has 0 atom stereocenters. The third-order valence-electron chi connectivity index (χ3n) is 3.38. The van der Waals surface area contributed by atoms with Crippen molar-refractivity contribution in [3.8, 4) is 0 Å². The zero-order valence-corrected chi connectivity index (χ0v) is 10.3. The molecule has 0 heteroatoms. The first-order valence-corrected chi connectivity index (χ1v) is 6.42. The molecule has 3 rings (SSSR count). The van der Waals surface area contributed by atoms with Gasteiger partial charge in [-0.15, -0.1) is 0 Å². The highest BCUT2D eigenvalue weighted by atomic mass is 14.1. The smallest absolute Gasteiger partial charge is 0.0117 e. The summed E-state index contributed by atoms with van der Waals surface area (Å²) >= 11 is 0. The van der Waals surface area contributed by atoms with Crippen LogP contribution in [0.2, 0.25) is 0 Å². The van der Waals surface area contributed by atoms with E-state index in [1.807, 2.05) is 6.07 Å². The van der Waals surface area contributed by atoms with Gasteiger partial charge in [-0.1, -0.05) is 78.4 Å². The topological polar surface area (TPSA) is 0 Å². The molecule has 18 heavy (non-hydrogen) atoms. The molecule has 1 aliphatic carbocycles. The summed E-state index contributed by atoms with van der Waals surface area (Å²) in [4.78, 5) is 0. The van der Waals surface area contributed by atoms with Crippen molar-refractivity contribution in [3.63, 3.8) is 0 Å². The fourth-order valence-corrected chi connectivity index (χ4v) is 2.43. The van der Waals surface area contributed by atoms with Gasteiger partial charge in [0.25, 0.3) is 0 Å². The van der Waals surface area contributed by atoms with Crippen molar-refractivity contribution in [2.24, 2.45) is 0 Å². The van der Waals surface area contributed by atoms with Crippen molar-refractivity contribution in [1.29, 1.82) is 0 Å². The van der Waals surface area contributed by atoms with E-state index in [1.54, 1.807) is 0 Å². The first-order chi connectivity index (χ1) is 8.93. The summed E-state index contributed by atoms with van der Waals surface area (Å²) in [6, 6.07) is 19.1. The number of hydrogen-bond donors (Lipinski definition) is 0. The fourth-order valence-electron chi connectivity index (χ4n) is 2.43. The molecule has 0 saturated heterocycles. The average molecular weight is 232 g/mol. The van der Waals surface area contributed by atoms with Crippen LogP contribution in [0.1, 0.15) is 18.4 Å². The van der Waals surface area contributed by atoms with Gasteiger partial charge in [-0.3, -0.25) is 0 Å². The number of rotatable bonds is 3. The Kier molecular flexibility index (Phi) is 3.10. The molecule has 1 aliphatic rings. The van der Waals surface area contributed by atoms with E-state index in [9.17, 15) is 0 Å². The summed E-state index contributed by atoms with van der Waals surface area (Å²) in [7, 11) is 0. The predicted molar refractivity (Wildman–Crippen MR) is 78.3 cm³/mol. The fraction of sp³-hybridized carbons (Fsp3) is 0.111. The lowest BCUT2D eigenvalue weighted by molar-refractivity contribution is 1.31. The molecule has 0 unspecified atom stereocenters. The van der Waals surface area contributed by atoms with E-state index in [0.29, 0.717) is 0 Å². The van der Waals surface area contributed by atoms with Gasteiger partial charge in [-0.05, 0) is 28.8 Å². The zero-order valence-electron chi connectivity index (χ0n) is 10.3. The van der Waals surface area contributed by atoms with Crippen molar-refractivity contribution in [3.05, 3.63) is 76.7 Å². The van der Waals surface area contributed by atoms with Gasteiger partial charge in [0.15, 0.2) is 0 Å². The lowest BCUT2D eigenvalue weighted by atomic mass is 10.1. The number of hydrogen-bond acceptors (Lipinski definition) is 0. The average Bonchev–Trinajstić information content (AvgIpc) is 2.84. The van der Waals surface area contributed by atoms with Crippen LogP contribution in [-0.2, 0) is 0 Å². The van der Waals surface area contributed by atoms with Crippen LogP contribution in [0.5, 0.6) is 0 Å². The second kappa shape index (κ2) is 5.05. The standard InChI is InChI=1S/C18H16/c1-2-7-15(8-3-1)9-6-11-17-14-13-16-10-4-5-12-18(16)17/h1-10,12-13H,11,14H2. The number of benzene rings is 2. The molecule has 0 saturated carbocycles. The number of fused-ring (bicyclic) bond motifs is 1. The predicted octanol–water partition coefficient (Wildman–Crippen LogP) is 3.13. The molecule has 0 radical (unpaired) electrons. The van der Waals surface area contributed by atoms with Gasteiger partial charge in [-0.2, -0.15) is 0 Å². The van der Waals surface area contributed by atoms with Gasteiger partial charge >= 0.3 is 0 Å². The van der Waals surface area contributed by atoms with Crippen molar-refractivity contribution >= 4 is 17.7 Å². The van der Waals surface area contributed by atoms with E-state index in [4.69, 9.17) is 0 Å². The molecule has 0 N–H and O–H groups in total. The molecule has 2 aromatic rings. The first kappa shape index (κ1) is 11.0. The third-order valence-corrected chi connectivity index (χ3v) is 3.38. The molecule has 0 aliphatic heterocycles. The Morgan fingerprint density at radius 2 is 1.67 bits per heavy atom. The van der Waals surface area contributed by atoms with Crippen LogP contribution in [0, 0.1) is 0 Å². The van der Waals surface area contributed by atoms with E-state index in [2.05, 4.69) is 66.8 Å². The maximum Gasteiger partial charge on any atom is -0.0117 e. The van der Waals surface area contributed by atoms with Gasteiger partial charge in [0.05, 0.1) is 0 Å². The maximum absolute atomic E-state index is 2.32. The molecule has 0 spiro atoms. The molecule has 0 bridgehead atoms. The Balaban J connectivity index is 1.81. The van der Waals surface area contributed by atoms with Crippen LogP contribution in [0.15, 0.2) is 60.7 Å². The minimum Gasteiger partial charge on any atom is -0.0798 e. The second-order valence-electron chi connectivity index (χ2n) is 4.62. The highest BCUT2D eigenvalue weighted by molar-refractivity contribution is 5.62. The summed E-state index contributed by atoms with van der Waals surface area (Å²) in [5.74, 6) is 0. The summed E-state index contributed by atoms with van der Waals surface area (Å²) in [6.45, 7) is 0. The van der Waals surface area contributed by atoms with E-state index < -0.39 is 0 Å². The number of allylic oxidation sites excluding steroid dienone is 1. The van der Waals surface area contributed by atoms with Crippen LogP contribution in [0.3, 0.4) is 0 Å². The Bertz CT molecular complexity index is 675. The zero-order chi connectivity index (χ0) is 12.2. The van der Waals surface area contributed by atoms with Crippen molar-refractivity contribution in [1.82, 2.24) is 0 Å². The van der Waals surface area contributed by atoms with Crippen molar-refractivity contribution in [2.45, 2.75) is 12.8 Å². The van der Waals surface area contributed by atoms with Crippen molar-refractivity contribution in [2.75, 3.05) is 0 Å². The quantitative estimate of drug-likeness (QED) is 0.762. The lowest BCUT2D eigenvalue weighted by Gasteiger charge is -1.97. The van der Waals surface area contributed by atoms with E-state index >= 15 is 0 Å². The van der Waals surface area contributed by atoms with Gasteiger partial charge < -0.3 is 0 Å². The maximum atomic E-state index is 2.32. The highest BCUT2D eigenvalue weighted by Crippen LogP contribution is 2.12. The van der Waals surface area contributed by atoms with Gasteiger partial charge in [0.1, 0.15) is 0 Å². The molecule has 0 aromatic heterocycles. The van der Waals surface area contributed by atoms with E-state index in [1.165, 1.54) is 21.6 Å². The molecule has 0 amide bonds. The Hall–Kier alpha value is -2.08. The lowest BCUT2D eigenvalue weighted by Crippen LogP contribution is -2.21. The molecule has 0 heterocycles. The van der Waals surface area contributed by atoms with Crippen LogP contribution in [0.25, 0.3) is 17.7 Å². The Morgan fingerprint density at radius 1 is 0.889 bits per heavy atom. The first-order valence-electron chi connectivity index (χ1n) is 6.42. The van der Waals surface area contributed by atoms with Crippen LogP contribution >= 0.6 is 0 Å². The minimum absolute atomic E-state index is 1.04. The van der Waals surface area contributed by atoms with E-state index in [0.717, 1.165) is 12.8 Å². The molecule has 0 nitrogen and oxygen atoms in total. The summed E-state index contributed by atoms with van der Waals surface area (Å²) in [5.41, 5.74) is 2.80. The third kappa shape index (κ3) is 2.28. The molecule has 88 valence electrons. The largest absolute Gasteiger partial charge is 0.0798 e. The van der Waals surface area contributed by atoms with Crippen LogP contribution in [0.4, 0.5) is 0 Å². The SMILES string of the molecule is C(=Cc1ccccc1)CC1=c2ccccc2=CC1. The molecule has 0 fully saturated rings. The highest BCUT2D eigenvalue weighted by Gasteiger charge is 2.02. The Labute approximate surface area is 108 Å². The molecular formula is C18H16. The molecule has 2 aromatic carbocycles. The van der Waals surface area contributed by atoms with Crippen LogP contribution in [-0.4, -0.2) is 0 Å². The van der Waals surface area contributed by atoms with Gasteiger partial charge in [-0.25, -0.2) is 0 Å². The van der Waals surface area contributed by atoms with E-state index in [-0.39, 0.29) is 0 Å². The minimum atomic E-state index is 1.04. The monoisotopic (exact) mass is 232 g/mol. The van der Waals surface area contributed by atoms with Crippen LogP contribution < -0.4 is 10.4 Å². The summed E-state index contributed by atoms with van der Waals surface area (Å²) < 4.78 is 0. The Morgan fingerprint density at radius 3 is 2.56 bits per heavy atom. The van der Waals surface area contributed by atoms with Crippen molar-refractivity contribution < 1.29 is 0 Å². The molecular weight excluding hydrogens is 216 g/mol. The summed E-state index contributed by atoms with van der Waals surface area (Å²) in [5, 5.41) is 2.82. The second-order valence-corrected chi connectivity index (χ2v) is 4.62. The normalized spacial score (nSPS) is 13.7. The van der Waals surface area contributed by atoms with Gasteiger partial charge in [0, 0.05) is 0 Å². The summed E-state index contributed by atoms with van der Waals surface area (Å²) in [6.07, 6.45) is 8.93. The van der Waals surface area contributed by atoms with Gasteiger partial charge in [0.2, 0.25) is 0 Å².